The van der Waals surface area contributed by atoms with E-state index in [1.165, 1.54) is 22.2 Å². The van der Waals surface area contributed by atoms with Crippen LogP contribution in [0.4, 0.5) is 5.69 Å². The first-order chi connectivity index (χ1) is 10.1. The zero-order chi connectivity index (χ0) is 14.8. The molecular weight excluding hydrogens is 310 g/mol. The number of hydrogen-bond acceptors (Lipinski definition) is 5. The van der Waals surface area contributed by atoms with Gasteiger partial charge < -0.3 is 10.4 Å². The van der Waals surface area contributed by atoms with Crippen molar-refractivity contribution >= 4 is 28.6 Å². The minimum Gasteiger partial charge on any atom is -0.387 e. The molecule has 7 heteroatoms. The molecule has 1 unspecified atom stereocenters. The van der Waals surface area contributed by atoms with Crippen molar-refractivity contribution < 1.29 is 5.11 Å². The molecule has 2 aromatic rings. The molecule has 0 radical (unpaired) electrons. The molecule has 5 nitrogen and oxygen atoms in total. The van der Waals surface area contributed by atoms with E-state index in [1.54, 1.807) is 0 Å². The van der Waals surface area contributed by atoms with Gasteiger partial charge in [-0.3, -0.25) is 4.79 Å². The van der Waals surface area contributed by atoms with Crippen molar-refractivity contribution in [1.82, 2.24) is 9.78 Å². The Kier molecular flexibility index (Phi) is 4.28. The molecule has 0 amide bonds. The average molecular weight is 326 g/mol. The average Bonchev–Trinajstić information content (AvgIpc) is 3.11. The van der Waals surface area contributed by atoms with Gasteiger partial charge in [-0.2, -0.15) is 16.4 Å². The Morgan fingerprint density at radius 1 is 1.57 bits per heavy atom. The molecule has 2 aromatic heterocycles. The Morgan fingerprint density at radius 2 is 2.38 bits per heavy atom. The van der Waals surface area contributed by atoms with E-state index >= 15 is 0 Å². The van der Waals surface area contributed by atoms with Crippen LogP contribution in [0.3, 0.4) is 0 Å². The highest BCUT2D eigenvalue weighted by Crippen LogP contribution is 2.30. The van der Waals surface area contributed by atoms with Gasteiger partial charge in [-0.1, -0.05) is 11.6 Å². The smallest absolute Gasteiger partial charge is 0.291 e. The molecule has 0 saturated heterocycles. The van der Waals surface area contributed by atoms with E-state index < -0.39 is 6.10 Å². The molecule has 1 aliphatic rings. The Balaban J connectivity index is 1.73. The summed E-state index contributed by atoms with van der Waals surface area (Å²) in [6, 6.07) is 1.86. The topological polar surface area (TPSA) is 67.2 Å². The molecule has 21 heavy (non-hydrogen) atoms. The van der Waals surface area contributed by atoms with Crippen LogP contribution in [0, 0.1) is 5.92 Å². The van der Waals surface area contributed by atoms with Crippen molar-refractivity contribution in [3.63, 3.8) is 0 Å². The largest absolute Gasteiger partial charge is 0.387 e. The first-order valence-corrected chi connectivity index (χ1v) is 8.17. The number of thiophene rings is 1. The van der Waals surface area contributed by atoms with Gasteiger partial charge in [0.25, 0.3) is 5.56 Å². The molecule has 0 spiro atoms. The summed E-state index contributed by atoms with van der Waals surface area (Å²) in [5.74, 6) is 0.556. The minimum atomic E-state index is -0.670. The van der Waals surface area contributed by atoms with Crippen LogP contribution in [0.2, 0.25) is 5.02 Å². The number of aliphatic hydroxyl groups is 1. The van der Waals surface area contributed by atoms with Crippen molar-refractivity contribution in [1.29, 1.82) is 0 Å². The Bertz CT molecular complexity index is 667. The molecule has 2 N–H and O–H groups in total. The van der Waals surface area contributed by atoms with Crippen molar-refractivity contribution in [3.8, 4) is 0 Å². The van der Waals surface area contributed by atoms with Gasteiger partial charge in [0.05, 0.1) is 17.3 Å². The first-order valence-electron chi connectivity index (χ1n) is 6.85. The maximum absolute atomic E-state index is 12.3. The van der Waals surface area contributed by atoms with Crippen molar-refractivity contribution in [2.45, 2.75) is 25.5 Å². The van der Waals surface area contributed by atoms with Gasteiger partial charge in [0, 0.05) is 13.1 Å². The Hall–Kier alpha value is -1.37. The second-order valence-electron chi connectivity index (χ2n) is 5.25. The fourth-order valence-corrected chi connectivity index (χ4v) is 2.98. The van der Waals surface area contributed by atoms with Crippen molar-refractivity contribution in [2.75, 3.05) is 11.9 Å². The molecule has 1 aliphatic carbocycles. The highest BCUT2D eigenvalue weighted by molar-refractivity contribution is 7.07. The molecular formula is C14H16ClN3O2S. The fraction of sp³-hybridized carbons (Fsp3) is 0.429. The molecule has 0 bridgehead atoms. The molecule has 1 atom stereocenters. The van der Waals surface area contributed by atoms with E-state index in [2.05, 4.69) is 10.4 Å². The van der Waals surface area contributed by atoms with Crippen molar-refractivity contribution in [2.24, 2.45) is 5.92 Å². The van der Waals surface area contributed by atoms with E-state index in [0.717, 1.165) is 18.4 Å². The SMILES string of the molecule is O=c1c(NCC(O)c2ccsc2)c(Cl)cnn1CC1CC1. The summed E-state index contributed by atoms with van der Waals surface area (Å²) in [6.07, 6.45) is 3.11. The van der Waals surface area contributed by atoms with E-state index in [9.17, 15) is 9.90 Å². The van der Waals surface area contributed by atoms with E-state index in [0.29, 0.717) is 18.2 Å². The van der Waals surface area contributed by atoms with Crippen LogP contribution in [-0.4, -0.2) is 21.4 Å². The number of aromatic nitrogens is 2. The van der Waals surface area contributed by atoms with Gasteiger partial charge in [-0.15, -0.1) is 0 Å². The number of anilines is 1. The summed E-state index contributed by atoms with van der Waals surface area (Å²) < 4.78 is 1.45. The lowest BCUT2D eigenvalue weighted by Crippen LogP contribution is -2.28. The predicted molar refractivity (Wildman–Crippen MR) is 84.0 cm³/mol. The quantitative estimate of drug-likeness (QED) is 0.856. The van der Waals surface area contributed by atoms with Gasteiger partial charge in [0.2, 0.25) is 0 Å². The van der Waals surface area contributed by atoms with Crippen LogP contribution >= 0.6 is 22.9 Å². The predicted octanol–water partition coefficient (Wildman–Crippen LogP) is 2.51. The third-order valence-corrected chi connectivity index (χ3v) is 4.51. The number of aliphatic hydroxyl groups excluding tert-OH is 1. The van der Waals surface area contributed by atoms with Crippen LogP contribution in [0.15, 0.2) is 27.8 Å². The number of nitrogens with one attached hydrogen (secondary N) is 1. The number of halogens is 1. The van der Waals surface area contributed by atoms with Crippen LogP contribution in [0.5, 0.6) is 0 Å². The van der Waals surface area contributed by atoms with Crippen LogP contribution in [0.1, 0.15) is 24.5 Å². The second kappa shape index (κ2) is 6.17. The minimum absolute atomic E-state index is 0.230. The van der Waals surface area contributed by atoms with E-state index in [-0.39, 0.29) is 17.1 Å². The monoisotopic (exact) mass is 325 g/mol. The maximum atomic E-state index is 12.3. The number of rotatable bonds is 6. The Labute approximate surface area is 131 Å². The normalized spacial score (nSPS) is 15.9. The van der Waals surface area contributed by atoms with Gasteiger partial charge in [-0.25, -0.2) is 4.68 Å². The van der Waals surface area contributed by atoms with Gasteiger partial charge >= 0.3 is 0 Å². The van der Waals surface area contributed by atoms with Crippen LogP contribution < -0.4 is 10.9 Å². The third kappa shape index (κ3) is 3.45. The molecule has 1 saturated carbocycles. The van der Waals surface area contributed by atoms with Crippen LogP contribution in [-0.2, 0) is 6.54 Å². The lowest BCUT2D eigenvalue weighted by Gasteiger charge is -2.13. The summed E-state index contributed by atoms with van der Waals surface area (Å²) >= 11 is 7.57. The number of hydrogen-bond donors (Lipinski definition) is 2. The molecule has 0 aromatic carbocycles. The summed E-state index contributed by atoms with van der Waals surface area (Å²) in [4.78, 5) is 12.3. The fourth-order valence-electron chi connectivity index (χ4n) is 2.08. The highest BCUT2D eigenvalue weighted by atomic mass is 35.5. The second-order valence-corrected chi connectivity index (χ2v) is 6.44. The lowest BCUT2D eigenvalue weighted by molar-refractivity contribution is 0.192. The van der Waals surface area contributed by atoms with Crippen molar-refractivity contribution in [3.05, 3.63) is 44.0 Å². The molecule has 1 fully saturated rings. The lowest BCUT2D eigenvalue weighted by atomic mass is 10.2. The zero-order valence-electron chi connectivity index (χ0n) is 11.3. The summed E-state index contributed by atoms with van der Waals surface area (Å²) in [5.41, 5.74) is 0.907. The van der Waals surface area contributed by atoms with Gasteiger partial charge in [0.15, 0.2) is 0 Å². The summed E-state index contributed by atoms with van der Waals surface area (Å²) in [5, 5.41) is 21.1. The first kappa shape index (κ1) is 14.6. The standard InChI is InChI=1S/C14H16ClN3O2S/c15-11-5-17-18(7-9-1-2-9)14(20)13(11)16-6-12(19)10-3-4-21-8-10/h3-5,8-9,12,16,19H,1-2,6-7H2. The van der Waals surface area contributed by atoms with E-state index in [1.807, 2.05) is 16.8 Å². The van der Waals surface area contributed by atoms with Crippen LogP contribution in [0.25, 0.3) is 0 Å². The Morgan fingerprint density at radius 3 is 3.05 bits per heavy atom. The molecule has 0 aliphatic heterocycles. The van der Waals surface area contributed by atoms with E-state index in [4.69, 9.17) is 11.6 Å². The molecule has 3 rings (SSSR count). The third-order valence-electron chi connectivity index (χ3n) is 3.53. The summed E-state index contributed by atoms with van der Waals surface area (Å²) in [6.45, 7) is 0.872. The maximum Gasteiger partial charge on any atom is 0.291 e. The zero-order valence-corrected chi connectivity index (χ0v) is 12.9. The molecule has 112 valence electrons. The highest BCUT2D eigenvalue weighted by Gasteiger charge is 2.23. The number of nitrogens with zero attached hydrogens (tertiary/aromatic N) is 2. The van der Waals surface area contributed by atoms with Gasteiger partial charge in [0.1, 0.15) is 5.69 Å². The van der Waals surface area contributed by atoms with Gasteiger partial charge in [-0.05, 0) is 41.1 Å². The molecule has 2 heterocycles. The summed E-state index contributed by atoms with van der Waals surface area (Å²) in [7, 11) is 0.